The lowest BCUT2D eigenvalue weighted by Crippen LogP contribution is -2.12. The Bertz CT molecular complexity index is 55.2. The van der Waals surface area contributed by atoms with Crippen LogP contribution in [-0.2, 0) is 3.79 Å². The van der Waals surface area contributed by atoms with Crippen molar-refractivity contribution in [2.75, 3.05) is 7.11 Å². The average molecular weight is 162 g/mol. The number of hydrogen-bond acceptors (Lipinski definition) is 1. The SMILES string of the molecule is C.C.C[O][Al]([CH3])[CH2]C(C)C. The summed E-state index contributed by atoms with van der Waals surface area (Å²) >= 11 is -0.739. The van der Waals surface area contributed by atoms with Gasteiger partial charge in [-0.3, -0.25) is 0 Å². The molecule has 0 aliphatic heterocycles. The van der Waals surface area contributed by atoms with Crippen molar-refractivity contribution in [1.82, 2.24) is 0 Å². The van der Waals surface area contributed by atoms with Gasteiger partial charge < -0.3 is 3.79 Å². The molecule has 1 nitrogen and oxygen atoms in total. The second-order valence-electron chi connectivity index (χ2n) is 2.68. The van der Waals surface area contributed by atoms with Gasteiger partial charge in [0.25, 0.3) is 0 Å². The van der Waals surface area contributed by atoms with Crippen LogP contribution in [0.3, 0.4) is 0 Å². The van der Waals surface area contributed by atoms with Gasteiger partial charge in [0, 0.05) is 7.11 Å². The highest BCUT2D eigenvalue weighted by molar-refractivity contribution is 6.50. The summed E-state index contributed by atoms with van der Waals surface area (Å²) in [5.41, 5.74) is 0. The predicted molar refractivity (Wildman–Crippen MR) is 51.7 cm³/mol. The maximum atomic E-state index is 5.20. The van der Waals surface area contributed by atoms with E-state index in [1.807, 2.05) is 7.11 Å². The maximum absolute atomic E-state index is 5.20. The Balaban J connectivity index is -0.000000245. The summed E-state index contributed by atoms with van der Waals surface area (Å²) in [6.45, 7) is 4.48. The molecule has 0 N–H and O–H groups in total. The summed E-state index contributed by atoms with van der Waals surface area (Å²) in [5.74, 6) is 3.05. The molecule has 0 aliphatic carbocycles. The fourth-order valence-corrected chi connectivity index (χ4v) is 2.28. The highest BCUT2D eigenvalue weighted by Crippen LogP contribution is 2.04. The molecule has 0 aromatic heterocycles. The third-order valence-corrected chi connectivity index (χ3v) is 3.62. The second kappa shape index (κ2) is 9.49. The van der Waals surface area contributed by atoms with E-state index in [-0.39, 0.29) is 14.9 Å². The molecule has 2 heteroatoms. The van der Waals surface area contributed by atoms with Crippen LogP contribution < -0.4 is 0 Å². The summed E-state index contributed by atoms with van der Waals surface area (Å²) < 4.78 is 5.20. The van der Waals surface area contributed by atoms with Crippen LogP contribution in [0.15, 0.2) is 0 Å². The minimum atomic E-state index is -0.739. The molecule has 0 spiro atoms. The van der Waals surface area contributed by atoms with Crippen molar-refractivity contribution in [2.45, 2.75) is 39.8 Å². The van der Waals surface area contributed by atoms with Crippen LogP contribution in [0.4, 0.5) is 0 Å². The highest BCUT2D eigenvalue weighted by atomic mass is 27.2. The summed E-state index contributed by atoms with van der Waals surface area (Å²) in [6, 6.07) is 0. The lowest BCUT2D eigenvalue weighted by Gasteiger charge is -2.04. The van der Waals surface area contributed by atoms with Gasteiger partial charge in [0.15, 0.2) is 0 Å². The third kappa shape index (κ3) is 11.3. The van der Waals surface area contributed by atoms with Crippen molar-refractivity contribution in [3.05, 3.63) is 0 Å². The molecule has 0 radical (unpaired) electrons. The molecule has 0 aliphatic rings. The van der Waals surface area contributed by atoms with Gasteiger partial charge in [-0.15, -0.1) is 0 Å². The molecule has 0 saturated heterocycles. The van der Waals surface area contributed by atoms with Crippen molar-refractivity contribution in [3.63, 3.8) is 0 Å². The van der Waals surface area contributed by atoms with Crippen LogP contribution in [0.2, 0.25) is 11.1 Å². The van der Waals surface area contributed by atoms with Crippen molar-refractivity contribution in [1.29, 1.82) is 0 Å². The molecule has 0 atom stereocenters. The molecule has 0 aromatic carbocycles. The van der Waals surface area contributed by atoms with Gasteiger partial charge >= 0.3 is 14.5 Å². The first-order chi connectivity index (χ1) is 3.66. The van der Waals surface area contributed by atoms with Gasteiger partial charge in [0.05, 0.1) is 0 Å². The topological polar surface area (TPSA) is 9.23 Å². The van der Waals surface area contributed by atoms with Crippen molar-refractivity contribution < 1.29 is 3.79 Å². The molecule has 0 amide bonds. The van der Waals surface area contributed by atoms with E-state index in [1.165, 1.54) is 5.28 Å². The van der Waals surface area contributed by atoms with E-state index >= 15 is 0 Å². The van der Waals surface area contributed by atoms with Gasteiger partial charge in [-0.25, -0.2) is 0 Å². The molecule has 0 fully saturated rings. The Hall–Kier alpha value is 0.492. The Morgan fingerprint density at radius 2 is 1.70 bits per heavy atom. The van der Waals surface area contributed by atoms with Gasteiger partial charge in [0.1, 0.15) is 0 Å². The van der Waals surface area contributed by atoms with Crippen molar-refractivity contribution in [3.8, 4) is 0 Å². The van der Waals surface area contributed by atoms with E-state index in [9.17, 15) is 0 Å². The molecule has 0 unspecified atom stereocenters. The van der Waals surface area contributed by atoms with E-state index in [0.717, 1.165) is 5.92 Å². The normalized spacial score (nSPS) is 8.10. The van der Waals surface area contributed by atoms with Crippen molar-refractivity contribution >= 4 is 14.5 Å². The summed E-state index contributed by atoms with van der Waals surface area (Å²) in [5, 5.41) is 1.30. The molecule has 64 valence electrons. The van der Waals surface area contributed by atoms with E-state index in [1.54, 1.807) is 0 Å². The zero-order valence-corrected chi connectivity index (χ0v) is 7.42. The Labute approximate surface area is 71.5 Å². The first-order valence-corrected chi connectivity index (χ1v) is 5.64. The Morgan fingerprint density at radius 1 is 1.30 bits per heavy atom. The van der Waals surface area contributed by atoms with Gasteiger partial charge in [-0.05, 0) is 0 Å². The number of hydrogen-bond donors (Lipinski definition) is 0. The molecule has 0 bridgehead atoms. The zero-order valence-electron chi connectivity index (χ0n) is 6.27. The van der Waals surface area contributed by atoms with Gasteiger partial charge in [-0.1, -0.05) is 45.7 Å². The van der Waals surface area contributed by atoms with Crippen LogP contribution in [0.5, 0.6) is 0 Å². The molecule has 0 saturated carbocycles. The molecule has 0 rings (SSSR count). The summed E-state index contributed by atoms with van der Waals surface area (Å²) in [7, 11) is 1.82. The van der Waals surface area contributed by atoms with Gasteiger partial charge in [0.2, 0.25) is 0 Å². The van der Waals surface area contributed by atoms with Crippen LogP contribution >= 0.6 is 0 Å². The minimum absolute atomic E-state index is 0. The van der Waals surface area contributed by atoms with E-state index in [0.29, 0.717) is 0 Å². The molecule has 10 heavy (non-hydrogen) atoms. The molecular weight excluding hydrogens is 139 g/mol. The second-order valence-corrected chi connectivity index (χ2v) is 5.24. The highest BCUT2D eigenvalue weighted by Gasteiger charge is 2.11. The number of rotatable bonds is 3. The first kappa shape index (κ1) is 16.8. The smallest absolute Gasteiger partial charge is 0.457 e. The Morgan fingerprint density at radius 3 is 1.80 bits per heavy atom. The summed E-state index contributed by atoms with van der Waals surface area (Å²) in [6.07, 6.45) is 0. The van der Waals surface area contributed by atoms with E-state index in [2.05, 4.69) is 19.6 Å². The predicted octanol–water partition coefficient (Wildman–Crippen LogP) is 3.18. The fraction of sp³-hybridized carbons (Fsp3) is 1.00. The van der Waals surface area contributed by atoms with Crippen LogP contribution in [0, 0.1) is 5.92 Å². The van der Waals surface area contributed by atoms with Crippen LogP contribution in [-0.4, -0.2) is 21.6 Å². The summed E-state index contributed by atoms with van der Waals surface area (Å²) in [4.78, 5) is 0. The standard InChI is InChI=1S/C4H9.CH3O.2CH4.CH3.Al/c1-4(2)3;1-2;;;;/h4H,1H2,2-3H3;1H3;2*1H4;1H3;/q;-1;;;;+1. The quantitative estimate of drug-likeness (QED) is 0.579. The molecular formula is C8H23AlO. The largest absolute Gasteiger partial charge is 0.503 e. The minimum Gasteiger partial charge on any atom is -0.503 e. The van der Waals surface area contributed by atoms with E-state index in [4.69, 9.17) is 3.79 Å². The van der Waals surface area contributed by atoms with Crippen LogP contribution in [0.25, 0.3) is 0 Å². The monoisotopic (exact) mass is 162 g/mol. The molecule has 0 aromatic rings. The van der Waals surface area contributed by atoms with Gasteiger partial charge in [-0.2, -0.15) is 0 Å². The lowest BCUT2D eigenvalue weighted by molar-refractivity contribution is 0.417. The zero-order chi connectivity index (χ0) is 6.57. The van der Waals surface area contributed by atoms with Crippen molar-refractivity contribution in [2.24, 2.45) is 5.92 Å². The lowest BCUT2D eigenvalue weighted by atomic mass is 10.3. The third-order valence-electron chi connectivity index (χ3n) is 1.21. The fourth-order valence-electron chi connectivity index (χ4n) is 0.760. The Kier molecular flexibility index (Phi) is 16.0. The average Bonchev–Trinajstić information content (AvgIpc) is 1.65. The van der Waals surface area contributed by atoms with E-state index < -0.39 is 14.5 Å². The maximum Gasteiger partial charge on any atom is 0.457 e. The first-order valence-electron chi connectivity index (χ1n) is 3.19. The van der Waals surface area contributed by atoms with Crippen LogP contribution in [0.1, 0.15) is 28.7 Å². The molecule has 0 heterocycles.